The van der Waals surface area contributed by atoms with Gasteiger partial charge in [0.15, 0.2) is 9.84 Å². The van der Waals surface area contributed by atoms with Crippen LogP contribution in [-0.4, -0.2) is 57.5 Å². The molecular formula is C11H24N2O4S2. The molecule has 1 unspecified atom stereocenters. The zero-order valence-electron chi connectivity index (χ0n) is 11.8. The Hall–Kier alpha value is -0.180. The molecule has 0 aromatic rings. The Kier molecular flexibility index (Phi) is 5.03. The maximum absolute atomic E-state index is 12.0. The smallest absolute Gasteiger partial charge is 0.211 e. The van der Waals surface area contributed by atoms with Crippen LogP contribution < -0.4 is 5.73 Å². The number of sulfonamides is 1. The Balaban J connectivity index is 2.68. The lowest BCUT2D eigenvalue weighted by molar-refractivity contribution is 0.283. The molecule has 1 aliphatic heterocycles. The fraction of sp³-hybridized carbons (Fsp3) is 1.00. The summed E-state index contributed by atoms with van der Waals surface area (Å²) in [6.07, 6.45) is 2.61. The van der Waals surface area contributed by atoms with Gasteiger partial charge in [-0.3, -0.25) is 0 Å². The van der Waals surface area contributed by atoms with Gasteiger partial charge in [-0.1, -0.05) is 0 Å². The quantitative estimate of drug-likeness (QED) is 0.759. The number of rotatable bonds is 5. The average Bonchev–Trinajstić information content (AvgIpc) is 2.11. The van der Waals surface area contributed by atoms with E-state index in [1.54, 1.807) is 13.8 Å². The van der Waals surface area contributed by atoms with Crippen molar-refractivity contribution in [1.82, 2.24) is 4.31 Å². The van der Waals surface area contributed by atoms with Crippen molar-refractivity contribution in [2.45, 2.75) is 32.2 Å². The number of nitrogens with two attached hydrogens (primary N) is 1. The maximum Gasteiger partial charge on any atom is 0.211 e. The Morgan fingerprint density at radius 3 is 2.32 bits per heavy atom. The molecule has 1 atom stereocenters. The fourth-order valence-corrected chi connectivity index (χ4v) is 5.63. The minimum Gasteiger partial charge on any atom is -0.325 e. The van der Waals surface area contributed by atoms with E-state index in [0.29, 0.717) is 19.5 Å². The topological polar surface area (TPSA) is 97.5 Å². The van der Waals surface area contributed by atoms with E-state index in [9.17, 15) is 16.8 Å². The summed E-state index contributed by atoms with van der Waals surface area (Å²) in [5.41, 5.74) is 4.98. The summed E-state index contributed by atoms with van der Waals surface area (Å²) in [5.74, 6) is -0.189. The molecule has 0 saturated carbocycles. The van der Waals surface area contributed by atoms with E-state index in [1.807, 2.05) is 0 Å². The highest BCUT2D eigenvalue weighted by Gasteiger charge is 2.31. The van der Waals surface area contributed by atoms with Crippen molar-refractivity contribution < 1.29 is 16.8 Å². The van der Waals surface area contributed by atoms with E-state index in [2.05, 4.69) is 0 Å². The van der Waals surface area contributed by atoms with Gasteiger partial charge >= 0.3 is 0 Å². The maximum atomic E-state index is 12.0. The Morgan fingerprint density at radius 2 is 1.84 bits per heavy atom. The molecule has 0 aliphatic carbocycles. The Morgan fingerprint density at radius 1 is 1.26 bits per heavy atom. The SMILES string of the molecule is CC(C)(N)CS(=O)(=O)CC1CCCN(S(C)(=O)=O)C1. The van der Waals surface area contributed by atoms with Crippen molar-refractivity contribution in [1.29, 1.82) is 0 Å². The van der Waals surface area contributed by atoms with E-state index in [0.717, 1.165) is 12.7 Å². The molecule has 0 bridgehead atoms. The molecule has 1 saturated heterocycles. The minimum absolute atomic E-state index is 0.0135. The summed E-state index contributed by atoms with van der Waals surface area (Å²) < 4.78 is 48.4. The molecule has 2 N–H and O–H groups in total. The van der Waals surface area contributed by atoms with Crippen LogP contribution in [0.2, 0.25) is 0 Å². The van der Waals surface area contributed by atoms with Crippen molar-refractivity contribution in [2.24, 2.45) is 11.7 Å². The lowest BCUT2D eigenvalue weighted by atomic mass is 10.0. The molecule has 19 heavy (non-hydrogen) atoms. The van der Waals surface area contributed by atoms with Gasteiger partial charge in [-0.25, -0.2) is 21.1 Å². The molecule has 1 heterocycles. The Labute approximate surface area is 116 Å². The highest BCUT2D eigenvalue weighted by atomic mass is 32.2. The standard InChI is InChI=1S/C11H24N2O4S2/c1-11(2,12)9-19(16,17)8-10-5-4-6-13(7-10)18(3,14)15/h10H,4-9,12H2,1-3H3. The van der Waals surface area contributed by atoms with Crippen molar-refractivity contribution in [3.05, 3.63) is 0 Å². The summed E-state index contributed by atoms with van der Waals surface area (Å²) >= 11 is 0. The van der Waals surface area contributed by atoms with E-state index in [-0.39, 0.29) is 17.4 Å². The number of hydrogen-bond donors (Lipinski definition) is 1. The second-order valence-electron chi connectivity index (χ2n) is 6.17. The van der Waals surface area contributed by atoms with Crippen LogP contribution in [0.3, 0.4) is 0 Å². The van der Waals surface area contributed by atoms with Crippen LogP contribution in [0.1, 0.15) is 26.7 Å². The molecule has 1 rings (SSSR count). The van der Waals surface area contributed by atoms with Gasteiger partial charge in [-0.15, -0.1) is 0 Å². The first-order valence-electron chi connectivity index (χ1n) is 6.33. The van der Waals surface area contributed by atoms with Crippen LogP contribution in [0.5, 0.6) is 0 Å². The van der Waals surface area contributed by atoms with E-state index in [1.165, 1.54) is 4.31 Å². The van der Waals surface area contributed by atoms with Crippen molar-refractivity contribution in [3.8, 4) is 0 Å². The van der Waals surface area contributed by atoms with Crippen LogP contribution in [0.15, 0.2) is 0 Å². The first-order chi connectivity index (χ1) is 8.39. The highest BCUT2D eigenvalue weighted by Crippen LogP contribution is 2.21. The number of nitrogens with zero attached hydrogens (tertiary/aromatic N) is 1. The largest absolute Gasteiger partial charge is 0.325 e. The third-order valence-corrected chi connectivity index (χ3v) is 6.47. The lowest BCUT2D eigenvalue weighted by Crippen LogP contribution is -2.44. The monoisotopic (exact) mass is 312 g/mol. The van der Waals surface area contributed by atoms with E-state index >= 15 is 0 Å². The highest BCUT2D eigenvalue weighted by molar-refractivity contribution is 7.91. The summed E-state index contributed by atoms with van der Waals surface area (Å²) in [4.78, 5) is 0. The minimum atomic E-state index is -3.25. The molecule has 0 aromatic heterocycles. The van der Waals surface area contributed by atoms with Gasteiger partial charge in [-0.2, -0.15) is 0 Å². The fourth-order valence-electron chi connectivity index (χ4n) is 2.45. The predicted molar refractivity (Wildman–Crippen MR) is 76.1 cm³/mol. The molecule has 0 aromatic carbocycles. The molecule has 0 radical (unpaired) electrons. The normalized spacial score (nSPS) is 23.5. The van der Waals surface area contributed by atoms with Crippen LogP contribution in [0.25, 0.3) is 0 Å². The van der Waals surface area contributed by atoms with Gasteiger partial charge in [0, 0.05) is 18.6 Å². The van der Waals surface area contributed by atoms with Gasteiger partial charge in [-0.05, 0) is 32.6 Å². The van der Waals surface area contributed by atoms with Gasteiger partial charge in [0.1, 0.15) is 0 Å². The average molecular weight is 312 g/mol. The molecule has 8 heteroatoms. The van der Waals surface area contributed by atoms with Crippen LogP contribution in [0, 0.1) is 5.92 Å². The molecule has 0 amide bonds. The van der Waals surface area contributed by atoms with Crippen LogP contribution >= 0.6 is 0 Å². The number of hydrogen-bond acceptors (Lipinski definition) is 5. The van der Waals surface area contributed by atoms with Gasteiger partial charge in [0.2, 0.25) is 10.0 Å². The number of piperidine rings is 1. The van der Waals surface area contributed by atoms with Gasteiger partial charge in [0.05, 0.1) is 17.8 Å². The third kappa shape index (κ3) is 6.20. The van der Waals surface area contributed by atoms with Crippen molar-refractivity contribution >= 4 is 19.9 Å². The van der Waals surface area contributed by atoms with Crippen LogP contribution in [-0.2, 0) is 19.9 Å². The zero-order valence-corrected chi connectivity index (χ0v) is 13.4. The van der Waals surface area contributed by atoms with E-state index in [4.69, 9.17) is 5.73 Å². The van der Waals surface area contributed by atoms with Gasteiger partial charge < -0.3 is 5.73 Å². The molecule has 1 aliphatic rings. The van der Waals surface area contributed by atoms with Crippen molar-refractivity contribution in [3.63, 3.8) is 0 Å². The zero-order chi connectivity index (χ0) is 14.9. The molecular weight excluding hydrogens is 288 g/mol. The molecule has 0 spiro atoms. The molecule has 6 nitrogen and oxygen atoms in total. The summed E-state index contributed by atoms with van der Waals surface area (Å²) in [6.45, 7) is 4.13. The molecule has 1 fully saturated rings. The van der Waals surface area contributed by atoms with Crippen molar-refractivity contribution in [2.75, 3.05) is 30.9 Å². The molecule has 114 valence electrons. The summed E-state index contributed by atoms with van der Waals surface area (Å²) in [7, 11) is -6.49. The first-order valence-corrected chi connectivity index (χ1v) is 10.0. The summed E-state index contributed by atoms with van der Waals surface area (Å²) in [5, 5.41) is 0. The predicted octanol–water partition coefficient (Wildman–Crippen LogP) is -0.190. The third-order valence-electron chi connectivity index (χ3n) is 3.03. The van der Waals surface area contributed by atoms with Crippen LogP contribution in [0.4, 0.5) is 0 Å². The number of sulfone groups is 1. The second-order valence-corrected chi connectivity index (χ2v) is 10.3. The summed E-state index contributed by atoms with van der Waals surface area (Å²) in [6, 6.07) is 0. The first kappa shape index (κ1) is 16.9. The lowest BCUT2D eigenvalue weighted by Gasteiger charge is -2.31. The Bertz CT molecular complexity index is 505. The second kappa shape index (κ2) is 5.67. The van der Waals surface area contributed by atoms with E-state index < -0.39 is 25.4 Å². The van der Waals surface area contributed by atoms with Gasteiger partial charge in [0.25, 0.3) is 0 Å².